The molecular formula is C11H14O2. The second-order valence-electron chi connectivity index (χ2n) is 4.00. The zero-order chi connectivity index (χ0) is 9.42. The van der Waals surface area contributed by atoms with Gasteiger partial charge in [0.1, 0.15) is 6.10 Å². The van der Waals surface area contributed by atoms with E-state index in [1.165, 1.54) is 0 Å². The first-order valence-electron chi connectivity index (χ1n) is 4.71. The molecular weight excluding hydrogens is 164 g/mol. The van der Waals surface area contributed by atoms with Crippen LogP contribution >= 0.6 is 0 Å². The highest BCUT2D eigenvalue weighted by Gasteiger charge is 2.37. The second-order valence-corrected chi connectivity index (χ2v) is 4.00. The van der Waals surface area contributed by atoms with Crippen LogP contribution in [0.25, 0.3) is 0 Å². The van der Waals surface area contributed by atoms with Crippen LogP contribution in [0.15, 0.2) is 24.3 Å². The fourth-order valence-corrected chi connectivity index (χ4v) is 2.10. The molecule has 0 aromatic carbocycles. The topological polar surface area (TPSA) is 26.3 Å². The van der Waals surface area contributed by atoms with E-state index in [2.05, 4.69) is 18.7 Å². The highest BCUT2D eigenvalue weighted by atomic mass is 16.5. The van der Waals surface area contributed by atoms with Crippen molar-refractivity contribution in [3.63, 3.8) is 0 Å². The number of allylic oxidation sites excluding steroid dienone is 1. The van der Waals surface area contributed by atoms with Crippen molar-refractivity contribution in [3.05, 3.63) is 24.3 Å². The van der Waals surface area contributed by atoms with Gasteiger partial charge < -0.3 is 4.74 Å². The summed E-state index contributed by atoms with van der Waals surface area (Å²) in [7, 11) is 0. The molecule has 13 heavy (non-hydrogen) atoms. The van der Waals surface area contributed by atoms with Gasteiger partial charge in [0.15, 0.2) is 0 Å². The lowest BCUT2D eigenvalue weighted by atomic mass is 10.0. The van der Waals surface area contributed by atoms with E-state index >= 15 is 0 Å². The molecule has 0 aromatic rings. The van der Waals surface area contributed by atoms with Crippen molar-refractivity contribution in [3.8, 4) is 0 Å². The third-order valence-electron chi connectivity index (χ3n) is 2.82. The Kier molecular flexibility index (Phi) is 1.98. The Bertz CT molecular complexity index is 278. The molecule has 2 aliphatic rings. The lowest BCUT2D eigenvalue weighted by Crippen LogP contribution is -2.22. The van der Waals surface area contributed by atoms with Crippen molar-refractivity contribution in [1.29, 1.82) is 0 Å². The summed E-state index contributed by atoms with van der Waals surface area (Å²) in [5, 5.41) is 0. The van der Waals surface area contributed by atoms with E-state index in [4.69, 9.17) is 4.74 Å². The number of hydrogen-bond donors (Lipinski definition) is 0. The first-order chi connectivity index (χ1) is 6.16. The van der Waals surface area contributed by atoms with Crippen molar-refractivity contribution >= 4 is 5.97 Å². The van der Waals surface area contributed by atoms with Crippen LogP contribution in [0.3, 0.4) is 0 Å². The average molecular weight is 178 g/mol. The van der Waals surface area contributed by atoms with Crippen LogP contribution in [0.4, 0.5) is 0 Å². The predicted molar refractivity (Wildman–Crippen MR) is 50.0 cm³/mol. The smallest absolute Gasteiger partial charge is 0.333 e. The molecule has 2 bridgehead atoms. The lowest BCUT2D eigenvalue weighted by molar-refractivity contribution is -0.145. The number of fused-ring (bicyclic) bond motifs is 2. The molecule has 0 N–H and O–H groups in total. The summed E-state index contributed by atoms with van der Waals surface area (Å²) in [5.74, 6) is 0.868. The van der Waals surface area contributed by atoms with Crippen molar-refractivity contribution in [1.82, 2.24) is 0 Å². The van der Waals surface area contributed by atoms with E-state index < -0.39 is 0 Å². The van der Waals surface area contributed by atoms with Gasteiger partial charge in [-0.3, -0.25) is 0 Å². The molecule has 0 radical (unpaired) electrons. The lowest BCUT2D eigenvalue weighted by Gasteiger charge is -2.18. The van der Waals surface area contributed by atoms with Crippen molar-refractivity contribution < 1.29 is 9.53 Å². The molecule has 2 aliphatic carbocycles. The van der Waals surface area contributed by atoms with Crippen LogP contribution in [-0.4, -0.2) is 12.1 Å². The standard InChI is InChI=1S/C11H14O2/c1-7(2)11(12)13-10-6-8-3-4-9(10)5-8/h3-4,8-10H,1,5-6H2,2H3. The molecule has 0 aliphatic heterocycles. The number of rotatable bonds is 2. The number of hydrogen-bond acceptors (Lipinski definition) is 2. The minimum absolute atomic E-state index is 0.110. The monoisotopic (exact) mass is 178 g/mol. The third-order valence-corrected chi connectivity index (χ3v) is 2.82. The van der Waals surface area contributed by atoms with E-state index in [9.17, 15) is 4.79 Å². The maximum absolute atomic E-state index is 11.2. The van der Waals surface area contributed by atoms with Gasteiger partial charge in [0, 0.05) is 11.5 Å². The van der Waals surface area contributed by atoms with Gasteiger partial charge >= 0.3 is 5.97 Å². The summed E-state index contributed by atoms with van der Waals surface area (Å²) >= 11 is 0. The molecule has 0 aromatic heterocycles. The van der Waals surface area contributed by atoms with Gasteiger partial charge in [-0.1, -0.05) is 18.7 Å². The minimum atomic E-state index is -0.244. The first kappa shape index (κ1) is 8.54. The van der Waals surface area contributed by atoms with E-state index in [0.717, 1.165) is 12.8 Å². The fourth-order valence-electron chi connectivity index (χ4n) is 2.10. The van der Waals surface area contributed by atoms with E-state index in [-0.39, 0.29) is 12.1 Å². The Balaban J connectivity index is 1.94. The number of carbonyl (C=O) groups is 1. The van der Waals surface area contributed by atoms with Gasteiger partial charge in [-0.2, -0.15) is 0 Å². The van der Waals surface area contributed by atoms with Crippen molar-refractivity contribution in [2.24, 2.45) is 11.8 Å². The molecule has 0 heterocycles. The minimum Gasteiger partial charge on any atom is -0.458 e. The van der Waals surface area contributed by atoms with Gasteiger partial charge in [0.05, 0.1) is 0 Å². The van der Waals surface area contributed by atoms with Crippen molar-refractivity contribution in [2.45, 2.75) is 25.9 Å². The van der Waals surface area contributed by atoms with Crippen LogP contribution in [0.2, 0.25) is 0 Å². The van der Waals surface area contributed by atoms with E-state index in [1.54, 1.807) is 6.92 Å². The molecule has 2 rings (SSSR count). The highest BCUT2D eigenvalue weighted by molar-refractivity contribution is 5.87. The SMILES string of the molecule is C=C(C)C(=O)OC1CC2C=CC1C2. The molecule has 1 fully saturated rings. The fraction of sp³-hybridized carbons (Fsp3) is 0.545. The molecule has 0 saturated heterocycles. The summed E-state index contributed by atoms with van der Waals surface area (Å²) in [6.45, 7) is 5.25. The maximum atomic E-state index is 11.2. The summed E-state index contributed by atoms with van der Waals surface area (Å²) < 4.78 is 5.32. The third kappa shape index (κ3) is 1.53. The maximum Gasteiger partial charge on any atom is 0.333 e. The van der Waals surface area contributed by atoms with Crippen molar-refractivity contribution in [2.75, 3.05) is 0 Å². The average Bonchev–Trinajstić information content (AvgIpc) is 2.64. The number of esters is 1. The molecule has 1 saturated carbocycles. The Hall–Kier alpha value is -1.05. The van der Waals surface area contributed by atoms with Gasteiger partial charge in [-0.05, 0) is 25.7 Å². The molecule has 0 amide bonds. The van der Waals surface area contributed by atoms with Gasteiger partial charge in [-0.15, -0.1) is 0 Å². The molecule has 3 unspecified atom stereocenters. The predicted octanol–water partition coefficient (Wildman–Crippen LogP) is 2.07. The number of ether oxygens (including phenoxy) is 1. The van der Waals surface area contributed by atoms with Crippen LogP contribution in [0.5, 0.6) is 0 Å². The largest absolute Gasteiger partial charge is 0.458 e. The summed E-state index contributed by atoms with van der Waals surface area (Å²) in [6.07, 6.45) is 6.67. The van der Waals surface area contributed by atoms with Crippen LogP contribution in [0.1, 0.15) is 19.8 Å². The molecule has 3 atom stereocenters. The Morgan fingerprint density at radius 1 is 1.46 bits per heavy atom. The Labute approximate surface area is 78.3 Å². The quantitative estimate of drug-likeness (QED) is 0.367. The summed E-state index contributed by atoms with van der Waals surface area (Å²) in [6, 6.07) is 0. The highest BCUT2D eigenvalue weighted by Crippen LogP contribution is 2.40. The van der Waals surface area contributed by atoms with E-state index in [0.29, 0.717) is 17.4 Å². The molecule has 2 nitrogen and oxygen atoms in total. The van der Waals surface area contributed by atoms with Gasteiger partial charge in [-0.25, -0.2) is 4.79 Å². The van der Waals surface area contributed by atoms with Crippen LogP contribution < -0.4 is 0 Å². The Morgan fingerprint density at radius 3 is 2.69 bits per heavy atom. The first-order valence-corrected chi connectivity index (χ1v) is 4.71. The zero-order valence-corrected chi connectivity index (χ0v) is 7.82. The van der Waals surface area contributed by atoms with E-state index in [1.807, 2.05) is 0 Å². The van der Waals surface area contributed by atoms with Gasteiger partial charge in [0.2, 0.25) is 0 Å². The van der Waals surface area contributed by atoms with Crippen LogP contribution in [0, 0.1) is 11.8 Å². The molecule has 2 heteroatoms. The molecule has 70 valence electrons. The van der Waals surface area contributed by atoms with Gasteiger partial charge in [0.25, 0.3) is 0 Å². The summed E-state index contributed by atoms with van der Waals surface area (Å²) in [4.78, 5) is 11.2. The second kappa shape index (κ2) is 3.02. The number of carbonyl (C=O) groups excluding carboxylic acids is 1. The summed E-state index contributed by atoms with van der Waals surface area (Å²) in [5.41, 5.74) is 0.492. The Morgan fingerprint density at radius 2 is 2.23 bits per heavy atom. The molecule has 0 spiro atoms. The normalized spacial score (nSPS) is 35.0. The van der Waals surface area contributed by atoms with Crippen LogP contribution in [-0.2, 0) is 9.53 Å². The zero-order valence-electron chi connectivity index (χ0n) is 7.82.